The Morgan fingerprint density at radius 3 is 2.52 bits per heavy atom. The average molecular weight is 453 g/mol. The number of likely N-dealkylation sites (N-methyl/N-ethyl adjacent to an activating group) is 1. The molecule has 0 radical (unpaired) electrons. The number of amides is 2. The van der Waals surface area contributed by atoms with Gasteiger partial charge in [0.2, 0.25) is 5.91 Å². The molecule has 5 atom stereocenters. The van der Waals surface area contributed by atoms with E-state index in [1.165, 1.54) is 29.8 Å². The number of aliphatic hydroxyl groups is 3. The van der Waals surface area contributed by atoms with E-state index in [-0.39, 0.29) is 11.3 Å². The minimum absolute atomic E-state index is 0.231. The molecule has 31 heavy (non-hydrogen) atoms. The second-order valence-electron chi connectivity index (χ2n) is 8.59. The van der Waals surface area contributed by atoms with Gasteiger partial charge in [0.1, 0.15) is 24.4 Å². The van der Waals surface area contributed by atoms with Crippen molar-refractivity contribution in [1.29, 1.82) is 0 Å². The lowest BCUT2D eigenvalue weighted by Gasteiger charge is -2.29. The quantitative estimate of drug-likeness (QED) is 0.455. The fourth-order valence-electron chi connectivity index (χ4n) is 3.09. The van der Waals surface area contributed by atoms with Crippen molar-refractivity contribution in [2.45, 2.75) is 56.1 Å². The summed E-state index contributed by atoms with van der Waals surface area (Å²) in [5.74, 6) is -0.749. The highest BCUT2D eigenvalue weighted by Crippen LogP contribution is 2.33. The van der Waals surface area contributed by atoms with Gasteiger partial charge in [-0.1, -0.05) is 45.1 Å². The number of para-hydroxylation sites is 1. The van der Waals surface area contributed by atoms with Crippen LogP contribution >= 0.6 is 11.8 Å². The SMILES string of the molecule is CO[C@@H](C(=O)N[C@H]1CSc2ccccc2N(C)C1=O)[C@H](O)[C@@H](O)[C@H](O)/C=C/C(C)(C)C. The van der Waals surface area contributed by atoms with Crippen LogP contribution in [0.25, 0.3) is 0 Å². The number of nitrogens with zero attached hydrogens (tertiary/aromatic N) is 1. The zero-order valence-corrected chi connectivity index (χ0v) is 19.3. The number of hydrogen-bond acceptors (Lipinski definition) is 7. The van der Waals surface area contributed by atoms with Gasteiger partial charge in [0.15, 0.2) is 6.10 Å². The maximum absolute atomic E-state index is 12.8. The summed E-state index contributed by atoms with van der Waals surface area (Å²) in [7, 11) is 2.85. The molecule has 9 heteroatoms. The minimum atomic E-state index is -1.70. The predicted octanol–water partition coefficient (Wildman–Crippen LogP) is 0.940. The number of benzene rings is 1. The Morgan fingerprint density at radius 2 is 1.90 bits per heavy atom. The summed E-state index contributed by atoms with van der Waals surface area (Å²) in [6.45, 7) is 5.75. The number of methoxy groups -OCH3 is 1. The van der Waals surface area contributed by atoms with E-state index in [0.29, 0.717) is 5.75 Å². The highest BCUT2D eigenvalue weighted by molar-refractivity contribution is 7.99. The predicted molar refractivity (Wildman–Crippen MR) is 120 cm³/mol. The molecule has 2 amide bonds. The van der Waals surface area contributed by atoms with Crippen molar-refractivity contribution in [3.05, 3.63) is 36.4 Å². The van der Waals surface area contributed by atoms with Crippen molar-refractivity contribution in [2.24, 2.45) is 5.41 Å². The monoisotopic (exact) mass is 452 g/mol. The molecule has 0 unspecified atom stereocenters. The Labute approximate surface area is 187 Å². The number of rotatable bonds is 7. The van der Waals surface area contributed by atoms with Crippen molar-refractivity contribution in [3.8, 4) is 0 Å². The summed E-state index contributed by atoms with van der Waals surface area (Å²) in [6, 6.07) is 6.59. The van der Waals surface area contributed by atoms with Crippen LogP contribution in [0.4, 0.5) is 5.69 Å². The van der Waals surface area contributed by atoms with Crippen LogP contribution in [0.2, 0.25) is 0 Å². The van der Waals surface area contributed by atoms with E-state index in [1.807, 2.05) is 45.0 Å². The van der Waals surface area contributed by atoms with Gasteiger partial charge >= 0.3 is 0 Å². The fraction of sp³-hybridized carbons (Fsp3) is 0.545. The first-order chi connectivity index (χ1) is 14.5. The summed E-state index contributed by atoms with van der Waals surface area (Å²) in [6.07, 6.45) is -3.15. The van der Waals surface area contributed by atoms with E-state index in [2.05, 4.69) is 5.32 Å². The molecule has 1 aliphatic rings. The molecule has 1 heterocycles. The zero-order valence-electron chi connectivity index (χ0n) is 18.5. The number of hydrogen-bond donors (Lipinski definition) is 4. The van der Waals surface area contributed by atoms with Crippen LogP contribution in [-0.4, -0.2) is 77.5 Å². The van der Waals surface area contributed by atoms with Crippen LogP contribution < -0.4 is 10.2 Å². The molecule has 1 aromatic rings. The van der Waals surface area contributed by atoms with Crippen LogP contribution in [0.3, 0.4) is 0 Å². The minimum Gasteiger partial charge on any atom is -0.387 e. The third kappa shape index (κ3) is 6.54. The van der Waals surface area contributed by atoms with Crippen LogP contribution in [-0.2, 0) is 14.3 Å². The maximum atomic E-state index is 12.8. The molecule has 1 aromatic carbocycles. The van der Waals surface area contributed by atoms with Crippen LogP contribution in [0.1, 0.15) is 20.8 Å². The van der Waals surface area contributed by atoms with Gasteiger partial charge < -0.3 is 30.3 Å². The number of ether oxygens (including phenoxy) is 1. The molecule has 2 rings (SSSR count). The summed E-state index contributed by atoms with van der Waals surface area (Å²) in [5.41, 5.74) is 0.520. The second kappa shape index (κ2) is 10.6. The molecule has 0 aliphatic carbocycles. The molecule has 1 aliphatic heterocycles. The summed E-state index contributed by atoms with van der Waals surface area (Å²) < 4.78 is 5.10. The molecule has 0 saturated carbocycles. The first-order valence-corrected chi connectivity index (χ1v) is 11.0. The van der Waals surface area contributed by atoms with Gasteiger partial charge in [-0.3, -0.25) is 9.59 Å². The standard InChI is InChI=1S/C22H32N2O6S/c1-22(2,3)11-10-15(25)17(26)18(27)19(30-5)20(28)23-13-12-31-16-9-7-6-8-14(16)24(4)21(13)29/h6-11,13,15,17-19,25-27H,12H2,1-5H3,(H,23,28)/b11-10+/t13-,15+,17-,18+,19+/m0/s1. The number of nitrogens with one attached hydrogen (secondary N) is 1. The fourth-order valence-corrected chi connectivity index (χ4v) is 4.19. The second-order valence-corrected chi connectivity index (χ2v) is 9.65. The molecule has 8 nitrogen and oxygen atoms in total. The smallest absolute Gasteiger partial charge is 0.252 e. The van der Waals surface area contributed by atoms with Crippen molar-refractivity contribution in [1.82, 2.24) is 5.32 Å². The topological polar surface area (TPSA) is 119 Å². The van der Waals surface area contributed by atoms with Crippen molar-refractivity contribution in [2.75, 3.05) is 24.8 Å². The van der Waals surface area contributed by atoms with Gasteiger partial charge in [0.05, 0.1) is 5.69 Å². The Balaban J connectivity index is 2.08. The molecular weight excluding hydrogens is 420 g/mol. The van der Waals surface area contributed by atoms with Crippen molar-refractivity contribution < 1.29 is 29.6 Å². The number of fused-ring (bicyclic) bond motifs is 1. The maximum Gasteiger partial charge on any atom is 0.252 e. The van der Waals surface area contributed by atoms with Crippen LogP contribution in [0.5, 0.6) is 0 Å². The number of anilines is 1. The van der Waals surface area contributed by atoms with Crippen LogP contribution in [0.15, 0.2) is 41.3 Å². The first-order valence-electron chi connectivity index (χ1n) is 10.0. The van der Waals surface area contributed by atoms with E-state index in [0.717, 1.165) is 10.6 Å². The van der Waals surface area contributed by atoms with Crippen molar-refractivity contribution in [3.63, 3.8) is 0 Å². The number of aliphatic hydroxyl groups excluding tert-OH is 3. The molecule has 0 fully saturated rings. The molecule has 172 valence electrons. The largest absolute Gasteiger partial charge is 0.387 e. The third-order valence-corrected chi connectivity index (χ3v) is 6.05. The van der Waals surface area contributed by atoms with Gasteiger partial charge in [-0.2, -0.15) is 0 Å². The lowest BCUT2D eigenvalue weighted by Crippen LogP contribution is -2.56. The Hall–Kier alpha value is -1.91. The van der Waals surface area contributed by atoms with E-state index >= 15 is 0 Å². The molecular formula is C22H32N2O6S. The summed E-state index contributed by atoms with van der Waals surface area (Å²) in [5, 5.41) is 33.5. The van der Waals surface area contributed by atoms with E-state index in [4.69, 9.17) is 4.74 Å². The van der Waals surface area contributed by atoms with E-state index < -0.39 is 36.4 Å². The highest BCUT2D eigenvalue weighted by Gasteiger charge is 2.38. The van der Waals surface area contributed by atoms with Crippen LogP contribution in [0, 0.1) is 5.41 Å². The lowest BCUT2D eigenvalue weighted by molar-refractivity contribution is -0.150. The number of allylic oxidation sites excluding steroid dienone is 1. The van der Waals surface area contributed by atoms with Crippen molar-refractivity contribution >= 4 is 29.3 Å². The molecule has 0 aromatic heterocycles. The zero-order chi connectivity index (χ0) is 23.3. The van der Waals surface area contributed by atoms with E-state index in [9.17, 15) is 24.9 Å². The Bertz CT molecular complexity index is 809. The summed E-state index contributed by atoms with van der Waals surface area (Å²) in [4.78, 5) is 28.0. The van der Waals surface area contributed by atoms with Gasteiger partial charge in [0, 0.05) is 24.8 Å². The Morgan fingerprint density at radius 1 is 1.26 bits per heavy atom. The third-order valence-electron chi connectivity index (χ3n) is 4.89. The normalized spacial score (nSPS) is 21.2. The number of carbonyl (C=O) groups excluding carboxylic acids is 2. The van der Waals surface area contributed by atoms with Gasteiger partial charge in [0.25, 0.3) is 5.91 Å². The lowest BCUT2D eigenvalue weighted by atomic mass is 9.94. The van der Waals surface area contributed by atoms with Gasteiger partial charge in [-0.15, -0.1) is 11.8 Å². The first kappa shape index (κ1) is 25.4. The number of carbonyl (C=O) groups is 2. The van der Waals surface area contributed by atoms with E-state index in [1.54, 1.807) is 13.1 Å². The highest BCUT2D eigenvalue weighted by atomic mass is 32.2. The average Bonchev–Trinajstić information content (AvgIpc) is 2.83. The van der Waals surface area contributed by atoms with Gasteiger partial charge in [-0.05, 0) is 17.5 Å². The molecule has 0 saturated heterocycles. The number of thioether (sulfide) groups is 1. The molecule has 4 N–H and O–H groups in total. The Kier molecular flexibility index (Phi) is 8.67. The molecule has 0 spiro atoms. The van der Waals surface area contributed by atoms with Gasteiger partial charge in [-0.25, -0.2) is 0 Å². The summed E-state index contributed by atoms with van der Waals surface area (Å²) >= 11 is 1.44. The molecule has 0 bridgehead atoms.